The lowest BCUT2D eigenvalue weighted by atomic mass is 10.2. The van der Waals surface area contributed by atoms with Gasteiger partial charge >= 0.3 is 0 Å². The van der Waals surface area contributed by atoms with Gasteiger partial charge in [0, 0.05) is 25.3 Å². The van der Waals surface area contributed by atoms with Crippen molar-refractivity contribution in [3.05, 3.63) is 32.8 Å². The number of H-pyrrole nitrogens is 1. The molecule has 7 heteroatoms. The Bertz CT molecular complexity index is 506. The van der Waals surface area contributed by atoms with Gasteiger partial charge in [0.2, 0.25) is 5.91 Å². The molecule has 0 unspecified atom stereocenters. The molecule has 1 aromatic heterocycles. The fraction of sp³-hybridized carbons (Fsp3) is 0.583. The lowest BCUT2D eigenvalue weighted by molar-refractivity contribution is -0.121. The highest BCUT2D eigenvalue weighted by Gasteiger charge is 2.04. The number of rotatable bonds is 8. The molecule has 7 nitrogen and oxygen atoms in total. The third kappa shape index (κ3) is 6.01. The number of hydrogen-bond donors (Lipinski definition) is 3. The molecule has 1 heterocycles. The molecule has 3 N–H and O–H groups in total. The fourth-order valence-corrected chi connectivity index (χ4v) is 1.60. The second kappa shape index (κ2) is 8.25. The van der Waals surface area contributed by atoms with E-state index in [9.17, 15) is 14.4 Å². The Kier molecular flexibility index (Phi) is 6.59. The summed E-state index contributed by atoms with van der Waals surface area (Å²) in [5, 5.41) is 13.5. The maximum Gasteiger partial charge on any atom is 0.265 e. The maximum absolute atomic E-state index is 11.5. The average molecular weight is 269 g/mol. The van der Waals surface area contributed by atoms with Crippen molar-refractivity contribution < 1.29 is 9.90 Å². The molecule has 0 aliphatic heterocycles. The van der Waals surface area contributed by atoms with Crippen molar-refractivity contribution in [2.45, 2.75) is 32.2 Å². The van der Waals surface area contributed by atoms with E-state index >= 15 is 0 Å². The molecule has 1 amide bonds. The van der Waals surface area contributed by atoms with E-state index in [2.05, 4.69) is 10.4 Å². The number of unbranched alkanes of at least 4 members (excludes halogenated alkanes) is 3. The topological polar surface area (TPSA) is 104 Å². The molecule has 19 heavy (non-hydrogen) atoms. The van der Waals surface area contributed by atoms with Gasteiger partial charge in [0.05, 0.1) is 0 Å². The summed E-state index contributed by atoms with van der Waals surface area (Å²) >= 11 is 0. The molecule has 0 fully saturated rings. The van der Waals surface area contributed by atoms with E-state index in [0.29, 0.717) is 6.54 Å². The zero-order valence-corrected chi connectivity index (χ0v) is 10.7. The summed E-state index contributed by atoms with van der Waals surface area (Å²) in [5.74, 6) is -0.314. The summed E-state index contributed by atoms with van der Waals surface area (Å²) in [5.41, 5.74) is -0.839. The number of amides is 1. The quantitative estimate of drug-likeness (QED) is 0.538. The summed E-state index contributed by atoms with van der Waals surface area (Å²) in [6, 6.07) is 2.25. The number of aliphatic hydroxyl groups excluding tert-OH is 1. The molecule has 0 bridgehead atoms. The molecule has 0 radical (unpaired) electrons. The first kappa shape index (κ1) is 15.2. The van der Waals surface area contributed by atoms with E-state index in [1.807, 2.05) is 0 Å². The molecule has 0 saturated heterocycles. The van der Waals surface area contributed by atoms with Gasteiger partial charge in [0.25, 0.3) is 11.1 Å². The number of nitrogens with one attached hydrogen (secondary N) is 2. The van der Waals surface area contributed by atoms with Gasteiger partial charge in [0.15, 0.2) is 0 Å². The Morgan fingerprint density at radius 3 is 2.68 bits per heavy atom. The first-order valence-corrected chi connectivity index (χ1v) is 6.31. The standard InChI is InChI=1S/C12H19N3O4/c16-8-4-2-1-3-7-13-11(18)9-15-12(19)6-5-10(17)14-15/h5-6,16H,1-4,7-9H2,(H,13,18)(H,14,17). The second-order valence-electron chi connectivity index (χ2n) is 4.22. The molecular weight excluding hydrogens is 250 g/mol. The normalized spacial score (nSPS) is 10.4. The average Bonchev–Trinajstić information content (AvgIpc) is 2.38. The number of aromatic nitrogens is 2. The Hall–Kier alpha value is -1.89. The van der Waals surface area contributed by atoms with Gasteiger partial charge in [-0.2, -0.15) is 0 Å². The minimum atomic E-state index is -0.420. The number of nitrogens with zero attached hydrogens (tertiary/aromatic N) is 1. The number of aliphatic hydroxyl groups is 1. The van der Waals surface area contributed by atoms with Crippen molar-refractivity contribution >= 4 is 5.91 Å². The van der Waals surface area contributed by atoms with Crippen LogP contribution in [0.1, 0.15) is 25.7 Å². The molecule has 0 saturated carbocycles. The molecule has 0 aliphatic rings. The molecule has 0 atom stereocenters. The number of hydrogen-bond acceptors (Lipinski definition) is 4. The largest absolute Gasteiger partial charge is 0.396 e. The van der Waals surface area contributed by atoms with Crippen LogP contribution in [0.25, 0.3) is 0 Å². The molecule has 106 valence electrons. The predicted molar refractivity (Wildman–Crippen MR) is 69.9 cm³/mol. The second-order valence-corrected chi connectivity index (χ2v) is 4.22. The van der Waals surface area contributed by atoms with Crippen LogP contribution in [0.15, 0.2) is 21.7 Å². The van der Waals surface area contributed by atoms with Crippen molar-refractivity contribution in [1.29, 1.82) is 0 Å². The summed E-state index contributed by atoms with van der Waals surface area (Å²) in [6.07, 6.45) is 3.46. The maximum atomic E-state index is 11.5. The first-order chi connectivity index (χ1) is 9.13. The van der Waals surface area contributed by atoms with E-state index in [-0.39, 0.29) is 19.1 Å². The summed E-state index contributed by atoms with van der Waals surface area (Å²) in [4.78, 5) is 33.9. The van der Waals surface area contributed by atoms with Gasteiger partial charge in [0.1, 0.15) is 6.54 Å². The van der Waals surface area contributed by atoms with E-state index in [0.717, 1.165) is 42.5 Å². The van der Waals surface area contributed by atoms with Gasteiger partial charge in [-0.1, -0.05) is 12.8 Å². The van der Waals surface area contributed by atoms with Crippen LogP contribution in [0.5, 0.6) is 0 Å². The van der Waals surface area contributed by atoms with Crippen LogP contribution in [0.3, 0.4) is 0 Å². The van der Waals surface area contributed by atoms with E-state index in [1.54, 1.807) is 0 Å². The Morgan fingerprint density at radius 1 is 1.21 bits per heavy atom. The Balaban J connectivity index is 2.29. The van der Waals surface area contributed by atoms with E-state index in [4.69, 9.17) is 5.11 Å². The number of carbonyl (C=O) groups excluding carboxylic acids is 1. The Morgan fingerprint density at radius 2 is 1.95 bits per heavy atom. The van der Waals surface area contributed by atoms with E-state index < -0.39 is 11.1 Å². The Labute approximate surface area is 110 Å². The highest BCUT2D eigenvalue weighted by molar-refractivity contribution is 5.75. The van der Waals surface area contributed by atoms with Crippen LogP contribution < -0.4 is 16.4 Å². The monoisotopic (exact) mass is 269 g/mol. The minimum absolute atomic E-state index is 0.189. The molecule has 1 aromatic rings. The van der Waals surface area contributed by atoms with Crippen molar-refractivity contribution in [3.8, 4) is 0 Å². The van der Waals surface area contributed by atoms with Crippen molar-refractivity contribution in [2.75, 3.05) is 13.2 Å². The minimum Gasteiger partial charge on any atom is -0.396 e. The highest BCUT2D eigenvalue weighted by atomic mass is 16.3. The van der Waals surface area contributed by atoms with Crippen LogP contribution in [0.4, 0.5) is 0 Å². The zero-order valence-electron chi connectivity index (χ0n) is 10.7. The lowest BCUT2D eigenvalue weighted by Crippen LogP contribution is -2.36. The first-order valence-electron chi connectivity index (χ1n) is 6.31. The molecule has 0 aromatic carbocycles. The van der Waals surface area contributed by atoms with E-state index in [1.165, 1.54) is 0 Å². The number of aromatic amines is 1. The van der Waals surface area contributed by atoms with Gasteiger partial charge < -0.3 is 10.4 Å². The van der Waals surface area contributed by atoms with Crippen molar-refractivity contribution in [3.63, 3.8) is 0 Å². The van der Waals surface area contributed by atoms with Crippen molar-refractivity contribution in [1.82, 2.24) is 15.1 Å². The lowest BCUT2D eigenvalue weighted by Gasteiger charge is -2.06. The number of carbonyl (C=O) groups is 1. The highest BCUT2D eigenvalue weighted by Crippen LogP contribution is 1.97. The third-order valence-corrected chi connectivity index (χ3v) is 2.60. The van der Waals surface area contributed by atoms with Crippen LogP contribution in [0.2, 0.25) is 0 Å². The fourth-order valence-electron chi connectivity index (χ4n) is 1.60. The van der Waals surface area contributed by atoms with Gasteiger partial charge in [-0.3, -0.25) is 19.5 Å². The van der Waals surface area contributed by atoms with Crippen LogP contribution in [-0.4, -0.2) is 33.9 Å². The predicted octanol–water partition coefficient (Wildman–Crippen LogP) is -0.794. The van der Waals surface area contributed by atoms with Crippen LogP contribution in [-0.2, 0) is 11.3 Å². The molecule has 0 aliphatic carbocycles. The van der Waals surface area contributed by atoms with Crippen LogP contribution in [0, 0.1) is 0 Å². The summed E-state index contributed by atoms with van der Waals surface area (Å²) in [7, 11) is 0. The smallest absolute Gasteiger partial charge is 0.265 e. The van der Waals surface area contributed by atoms with Gasteiger partial charge in [-0.05, 0) is 12.8 Å². The molecule has 0 spiro atoms. The zero-order chi connectivity index (χ0) is 14.1. The summed E-state index contributed by atoms with van der Waals surface area (Å²) in [6.45, 7) is 0.526. The summed E-state index contributed by atoms with van der Waals surface area (Å²) < 4.78 is 0.976. The van der Waals surface area contributed by atoms with Crippen LogP contribution >= 0.6 is 0 Å². The van der Waals surface area contributed by atoms with Crippen molar-refractivity contribution in [2.24, 2.45) is 0 Å². The third-order valence-electron chi connectivity index (χ3n) is 2.60. The molecule has 1 rings (SSSR count). The SMILES string of the molecule is O=C(Cn1[nH]c(=O)ccc1=O)NCCCCCCO. The van der Waals surface area contributed by atoms with Gasteiger partial charge in [-0.15, -0.1) is 0 Å². The molecular formula is C12H19N3O4. The van der Waals surface area contributed by atoms with Gasteiger partial charge in [-0.25, -0.2) is 4.68 Å².